The van der Waals surface area contributed by atoms with Crippen molar-refractivity contribution in [1.82, 2.24) is 4.98 Å². The van der Waals surface area contributed by atoms with Gasteiger partial charge in [-0.2, -0.15) is 0 Å². The monoisotopic (exact) mass is 303 g/mol. The first kappa shape index (κ1) is 14.7. The zero-order valence-electron chi connectivity index (χ0n) is 14.8. The normalized spacial score (nSPS) is 21.7. The van der Waals surface area contributed by atoms with Gasteiger partial charge in [-0.3, -0.25) is 4.98 Å². The van der Waals surface area contributed by atoms with Gasteiger partial charge in [0.15, 0.2) is 0 Å². The van der Waals surface area contributed by atoms with Gasteiger partial charge in [0.05, 0.1) is 5.52 Å². The Balaban J connectivity index is 2.15. The van der Waals surface area contributed by atoms with E-state index >= 15 is 0 Å². The zero-order valence-corrected chi connectivity index (χ0v) is 14.8. The molecule has 1 heterocycles. The summed E-state index contributed by atoms with van der Waals surface area (Å²) >= 11 is 0. The van der Waals surface area contributed by atoms with Crippen LogP contribution in [0.1, 0.15) is 58.1 Å². The zero-order chi connectivity index (χ0) is 16.4. The second-order valence-electron chi connectivity index (χ2n) is 8.08. The van der Waals surface area contributed by atoms with Crippen LogP contribution in [0.2, 0.25) is 0 Å². The van der Waals surface area contributed by atoms with E-state index in [1.807, 2.05) is 0 Å². The second-order valence-corrected chi connectivity index (χ2v) is 8.08. The van der Waals surface area contributed by atoms with E-state index in [2.05, 4.69) is 77.2 Å². The van der Waals surface area contributed by atoms with Crippen molar-refractivity contribution in [3.8, 4) is 0 Å². The lowest BCUT2D eigenvalue weighted by atomic mass is 9.64. The minimum atomic E-state index is 0.145. The number of fused-ring (bicyclic) bond motifs is 5. The number of nitrogens with zero attached hydrogens (tertiary/aromatic N) is 1. The molecule has 23 heavy (non-hydrogen) atoms. The Morgan fingerprint density at radius 3 is 2.43 bits per heavy atom. The van der Waals surface area contributed by atoms with Crippen LogP contribution in [-0.4, -0.2) is 4.98 Å². The largest absolute Gasteiger partial charge is 0.255 e. The highest BCUT2D eigenvalue weighted by molar-refractivity contribution is 6.06. The summed E-state index contributed by atoms with van der Waals surface area (Å²) in [6, 6.07) is 13.1. The van der Waals surface area contributed by atoms with Crippen molar-refractivity contribution >= 4 is 21.7 Å². The van der Waals surface area contributed by atoms with Gasteiger partial charge >= 0.3 is 0 Å². The molecule has 1 aliphatic carbocycles. The molecule has 3 aromatic rings. The molecule has 118 valence electrons. The summed E-state index contributed by atoms with van der Waals surface area (Å²) in [5.41, 5.74) is 4.52. The molecule has 1 atom stereocenters. The van der Waals surface area contributed by atoms with Crippen LogP contribution in [0.25, 0.3) is 21.7 Å². The fourth-order valence-corrected chi connectivity index (χ4v) is 4.79. The molecule has 1 heteroatoms. The second kappa shape index (κ2) is 4.56. The van der Waals surface area contributed by atoms with Crippen molar-refractivity contribution in [1.29, 1.82) is 0 Å². The van der Waals surface area contributed by atoms with E-state index in [0.717, 1.165) is 5.52 Å². The Morgan fingerprint density at radius 1 is 0.957 bits per heavy atom. The van der Waals surface area contributed by atoms with Crippen LogP contribution >= 0.6 is 0 Å². The maximum atomic E-state index is 4.91. The van der Waals surface area contributed by atoms with Crippen molar-refractivity contribution in [3.05, 3.63) is 53.7 Å². The van der Waals surface area contributed by atoms with Gasteiger partial charge in [0.25, 0.3) is 0 Å². The minimum absolute atomic E-state index is 0.145. The first-order chi connectivity index (χ1) is 10.9. The summed E-state index contributed by atoms with van der Waals surface area (Å²) in [4.78, 5) is 4.91. The minimum Gasteiger partial charge on any atom is -0.255 e. The molecule has 0 aliphatic heterocycles. The van der Waals surface area contributed by atoms with Crippen molar-refractivity contribution in [2.75, 3.05) is 0 Å². The smallest absolute Gasteiger partial charge is 0.0783 e. The molecular formula is C22H25N. The fraction of sp³-hybridized carbons (Fsp3) is 0.409. The molecular weight excluding hydrogens is 278 g/mol. The van der Waals surface area contributed by atoms with Crippen molar-refractivity contribution < 1.29 is 0 Å². The Morgan fingerprint density at radius 2 is 1.70 bits per heavy atom. The van der Waals surface area contributed by atoms with Gasteiger partial charge in [-0.25, -0.2) is 0 Å². The lowest BCUT2D eigenvalue weighted by Crippen LogP contribution is -2.34. The first-order valence-corrected chi connectivity index (χ1v) is 8.70. The summed E-state index contributed by atoms with van der Waals surface area (Å²) < 4.78 is 0. The van der Waals surface area contributed by atoms with Crippen LogP contribution < -0.4 is 0 Å². The summed E-state index contributed by atoms with van der Waals surface area (Å²) in [6.45, 7) is 12.0. The van der Waals surface area contributed by atoms with E-state index < -0.39 is 0 Å². The average molecular weight is 303 g/mol. The lowest BCUT2D eigenvalue weighted by Gasteiger charge is -2.39. The molecule has 0 fully saturated rings. The number of hydrogen-bond donors (Lipinski definition) is 0. The first-order valence-electron chi connectivity index (χ1n) is 8.70. The van der Waals surface area contributed by atoms with E-state index in [1.165, 1.54) is 33.7 Å². The van der Waals surface area contributed by atoms with Gasteiger partial charge in [-0.05, 0) is 39.7 Å². The number of pyridine rings is 1. The van der Waals surface area contributed by atoms with Crippen LogP contribution in [0.3, 0.4) is 0 Å². The highest BCUT2D eigenvalue weighted by Gasteiger charge is 2.52. The molecule has 0 N–H and O–H groups in total. The van der Waals surface area contributed by atoms with Crippen molar-refractivity contribution in [2.45, 2.75) is 52.4 Å². The Kier molecular flexibility index (Phi) is 2.91. The standard InChI is InChI=1S/C22H25N/c1-6-18-17-13-23-20-15-10-8-7-9-14(15)11-12-16(20)19(17)22(4,5)21(18,2)3/h7-13,18H,6H2,1-5H3/t18-/m0/s1. The van der Waals surface area contributed by atoms with E-state index in [-0.39, 0.29) is 10.8 Å². The van der Waals surface area contributed by atoms with Gasteiger partial charge in [-0.15, -0.1) is 0 Å². The molecule has 0 radical (unpaired) electrons. The van der Waals surface area contributed by atoms with Gasteiger partial charge < -0.3 is 0 Å². The Labute approximate surface area is 138 Å². The third-order valence-corrected chi connectivity index (χ3v) is 6.68. The van der Waals surface area contributed by atoms with E-state index in [0.29, 0.717) is 5.92 Å². The molecule has 0 spiro atoms. The summed E-state index contributed by atoms with van der Waals surface area (Å²) in [5, 5.41) is 3.88. The van der Waals surface area contributed by atoms with Gasteiger partial charge in [0.2, 0.25) is 0 Å². The maximum Gasteiger partial charge on any atom is 0.0783 e. The average Bonchev–Trinajstić information content (AvgIpc) is 2.69. The van der Waals surface area contributed by atoms with Crippen LogP contribution in [0.15, 0.2) is 42.6 Å². The number of aromatic nitrogens is 1. The Hall–Kier alpha value is -1.89. The molecule has 0 saturated carbocycles. The lowest BCUT2D eigenvalue weighted by molar-refractivity contribution is 0.179. The molecule has 0 saturated heterocycles. The predicted octanol–water partition coefficient (Wildman–Crippen LogP) is 6.20. The van der Waals surface area contributed by atoms with Crippen LogP contribution in [-0.2, 0) is 5.41 Å². The molecule has 1 aromatic heterocycles. The summed E-state index contributed by atoms with van der Waals surface area (Å²) in [6.07, 6.45) is 3.33. The van der Waals surface area contributed by atoms with Crippen molar-refractivity contribution in [2.24, 2.45) is 5.41 Å². The summed E-state index contributed by atoms with van der Waals surface area (Å²) in [5.74, 6) is 0.580. The molecule has 1 nitrogen and oxygen atoms in total. The Bertz CT molecular complexity index is 918. The quantitative estimate of drug-likeness (QED) is 0.488. The van der Waals surface area contributed by atoms with Gasteiger partial charge in [0, 0.05) is 17.0 Å². The number of rotatable bonds is 1. The van der Waals surface area contributed by atoms with Crippen molar-refractivity contribution in [3.63, 3.8) is 0 Å². The fourth-order valence-electron chi connectivity index (χ4n) is 4.79. The highest BCUT2D eigenvalue weighted by atomic mass is 14.7. The van der Waals surface area contributed by atoms with Crippen LogP contribution in [0, 0.1) is 5.41 Å². The molecule has 0 unspecified atom stereocenters. The van der Waals surface area contributed by atoms with Gasteiger partial charge in [0.1, 0.15) is 0 Å². The number of benzene rings is 2. The van der Waals surface area contributed by atoms with E-state index in [1.54, 1.807) is 0 Å². The van der Waals surface area contributed by atoms with E-state index in [4.69, 9.17) is 4.98 Å². The van der Waals surface area contributed by atoms with Crippen LogP contribution in [0.4, 0.5) is 0 Å². The van der Waals surface area contributed by atoms with Gasteiger partial charge in [-0.1, -0.05) is 71.0 Å². The molecule has 4 rings (SSSR count). The van der Waals surface area contributed by atoms with Crippen LogP contribution in [0.5, 0.6) is 0 Å². The SMILES string of the molecule is CC[C@H]1c2cnc3c(ccc4ccccc43)c2C(C)(C)C1(C)C. The third-order valence-electron chi connectivity index (χ3n) is 6.68. The number of hydrogen-bond acceptors (Lipinski definition) is 1. The third kappa shape index (κ3) is 1.71. The van der Waals surface area contributed by atoms with E-state index in [9.17, 15) is 0 Å². The molecule has 0 bridgehead atoms. The molecule has 2 aromatic carbocycles. The highest BCUT2D eigenvalue weighted by Crippen LogP contribution is 2.60. The predicted molar refractivity (Wildman–Crippen MR) is 99.1 cm³/mol. The molecule has 1 aliphatic rings. The molecule has 0 amide bonds. The summed E-state index contributed by atoms with van der Waals surface area (Å²) in [7, 11) is 0. The maximum absolute atomic E-state index is 4.91. The topological polar surface area (TPSA) is 12.9 Å².